The fraction of sp³-hybridized carbons (Fsp3) is 0.929. The van der Waals surface area contributed by atoms with E-state index in [-0.39, 0.29) is 0 Å². The monoisotopic (exact) mass is 257 g/mol. The van der Waals surface area contributed by atoms with Crippen LogP contribution in [-0.4, -0.2) is 29.9 Å². The Hall–Kier alpha value is -0.610. The Morgan fingerprint density at radius 1 is 1.00 bits per heavy atom. The first kappa shape index (κ1) is 15.4. The van der Waals surface area contributed by atoms with Crippen LogP contribution in [0.25, 0.3) is 0 Å². The minimum Gasteiger partial charge on any atom is -0.411 e. The zero-order chi connectivity index (χ0) is 13.3. The predicted molar refractivity (Wildman–Crippen MR) is 72.1 cm³/mol. The Labute approximate surface area is 110 Å². The summed E-state index contributed by atoms with van der Waals surface area (Å²) < 4.78 is 11.7. The molecule has 1 aliphatic rings. The molecule has 106 valence electrons. The van der Waals surface area contributed by atoms with E-state index in [1.54, 1.807) is 0 Å². The number of rotatable bonds is 4. The lowest BCUT2D eigenvalue weighted by Gasteiger charge is -2.34. The molecule has 0 unspecified atom stereocenters. The van der Waals surface area contributed by atoms with Crippen LogP contribution in [0, 0.1) is 0 Å². The van der Waals surface area contributed by atoms with Crippen LogP contribution in [0.4, 0.5) is 0 Å². The number of ether oxygens (including phenoxy) is 2. The predicted octanol–water partition coefficient (Wildman–Crippen LogP) is 3.72. The summed E-state index contributed by atoms with van der Waals surface area (Å²) in [5.41, 5.74) is 0.660. The molecule has 0 atom stereocenters. The van der Waals surface area contributed by atoms with Crippen LogP contribution in [0.3, 0.4) is 0 Å². The second-order valence-electron chi connectivity index (χ2n) is 4.79. The number of oxime groups is 1. The van der Waals surface area contributed by atoms with Crippen molar-refractivity contribution in [3.05, 3.63) is 0 Å². The molecule has 4 nitrogen and oxygen atoms in total. The number of nitrogens with zero attached hydrogens (tertiary/aromatic N) is 1. The molecule has 1 fully saturated rings. The molecule has 1 rings (SSSR count). The van der Waals surface area contributed by atoms with E-state index in [1.165, 1.54) is 25.7 Å². The minimum absolute atomic E-state index is 0.568. The van der Waals surface area contributed by atoms with Crippen molar-refractivity contribution in [1.29, 1.82) is 0 Å². The molecule has 1 N–H and O–H groups in total. The zero-order valence-electron chi connectivity index (χ0n) is 11.8. The van der Waals surface area contributed by atoms with Crippen molar-refractivity contribution in [2.45, 2.75) is 71.0 Å². The van der Waals surface area contributed by atoms with Crippen molar-refractivity contribution in [2.75, 3.05) is 13.2 Å². The molecule has 0 spiro atoms. The van der Waals surface area contributed by atoms with Gasteiger partial charge in [-0.15, -0.1) is 0 Å². The van der Waals surface area contributed by atoms with Crippen molar-refractivity contribution < 1.29 is 14.7 Å². The lowest BCUT2D eigenvalue weighted by Crippen LogP contribution is -2.45. The van der Waals surface area contributed by atoms with E-state index in [0.29, 0.717) is 18.9 Å². The van der Waals surface area contributed by atoms with Gasteiger partial charge in [-0.25, -0.2) is 0 Å². The summed E-state index contributed by atoms with van der Waals surface area (Å²) in [6, 6.07) is 0. The molecular formula is C14H27NO3. The fourth-order valence-corrected chi connectivity index (χ4v) is 2.64. The molecule has 18 heavy (non-hydrogen) atoms. The highest BCUT2D eigenvalue weighted by atomic mass is 16.7. The highest BCUT2D eigenvalue weighted by Crippen LogP contribution is 2.28. The van der Waals surface area contributed by atoms with Gasteiger partial charge in [0.2, 0.25) is 5.79 Å². The minimum atomic E-state index is -0.796. The van der Waals surface area contributed by atoms with Gasteiger partial charge < -0.3 is 14.7 Å². The van der Waals surface area contributed by atoms with Gasteiger partial charge in [-0.05, 0) is 33.1 Å². The lowest BCUT2D eigenvalue weighted by atomic mass is 9.94. The van der Waals surface area contributed by atoms with Crippen LogP contribution in [0.2, 0.25) is 0 Å². The van der Waals surface area contributed by atoms with Gasteiger partial charge in [-0.3, -0.25) is 0 Å². The summed E-state index contributed by atoms with van der Waals surface area (Å²) in [4.78, 5) is 0. The Morgan fingerprint density at radius 2 is 1.56 bits per heavy atom. The maximum atomic E-state index is 9.29. The smallest absolute Gasteiger partial charge is 0.211 e. The highest BCUT2D eigenvalue weighted by Gasteiger charge is 2.37. The van der Waals surface area contributed by atoms with Gasteiger partial charge in [-0.2, -0.15) is 0 Å². The third-order valence-electron chi connectivity index (χ3n) is 3.48. The molecule has 0 aromatic heterocycles. The molecule has 0 aliphatic heterocycles. The average Bonchev–Trinajstić information content (AvgIpc) is 2.37. The summed E-state index contributed by atoms with van der Waals surface area (Å²) in [6.07, 6.45) is 8.58. The highest BCUT2D eigenvalue weighted by molar-refractivity contribution is 5.90. The molecule has 0 aromatic carbocycles. The van der Waals surface area contributed by atoms with Gasteiger partial charge in [0.05, 0.1) is 0 Å². The first-order valence-electron chi connectivity index (χ1n) is 7.28. The number of hydrogen-bond donors (Lipinski definition) is 1. The van der Waals surface area contributed by atoms with Crippen molar-refractivity contribution in [2.24, 2.45) is 5.16 Å². The van der Waals surface area contributed by atoms with E-state index < -0.39 is 5.79 Å². The lowest BCUT2D eigenvalue weighted by molar-refractivity contribution is -0.190. The third-order valence-corrected chi connectivity index (χ3v) is 3.48. The van der Waals surface area contributed by atoms with Gasteiger partial charge in [-0.1, -0.05) is 30.8 Å². The average molecular weight is 257 g/mol. The first-order chi connectivity index (χ1) is 8.79. The second kappa shape index (κ2) is 8.48. The SMILES string of the molecule is CCOC1(OCC)CCCCCCCCC1=NO. The van der Waals surface area contributed by atoms with E-state index in [9.17, 15) is 5.21 Å². The molecule has 1 saturated carbocycles. The molecule has 4 heteroatoms. The van der Waals surface area contributed by atoms with Gasteiger partial charge in [0.25, 0.3) is 0 Å². The van der Waals surface area contributed by atoms with Crippen molar-refractivity contribution in [3.8, 4) is 0 Å². The molecule has 1 aliphatic carbocycles. The van der Waals surface area contributed by atoms with Crippen LogP contribution >= 0.6 is 0 Å². The summed E-state index contributed by atoms with van der Waals surface area (Å²) >= 11 is 0. The normalized spacial score (nSPS) is 24.0. The van der Waals surface area contributed by atoms with Crippen molar-refractivity contribution >= 4 is 5.71 Å². The maximum Gasteiger partial charge on any atom is 0.211 e. The molecule has 0 heterocycles. The van der Waals surface area contributed by atoms with Crippen molar-refractivity contribution in [3.63, 3.8) is 0 Å². The Bertz CT molecular complexity index is 247. The molecular weight excluding hydrogens is 230 g/mol. The molecule has 0 bridgehead atoms. The summed E-state index contributed by atoms with van der Waals surface area (Å²) in [5, 5.41) is 12.8. The fourth-order valence-electron chi connectivity index (χ4n) is 2.64. The topological polar surface area (TPSA) is 51.0 Å². The van der Waals surface area contributed by atoms with E-state index in [1.807, 2.05) is 13.8 Å². The third kappa shape index (κ3) is 4.25. The Balaban J connectivity index is 2.85. The largest absolute Gasteiger partial charge is 0.411 e. The summed E-state index contributed by atoms with van der Waals surface area (Å²) in [5.74, 6) is -0.796. The van der Waals surface area contributed by atoms with E-state index in [4.69, 9.17) is 9.47 Å². The summed E-state index contributed by atoms with van der Waals surface area (Å²) in [6.45, 7) is 5.04. The maximum absolute atomic E-state index is 9.29. The second-order valence-corrected chi connectivity index (χ2v) is 4.79. The van der Waals surface area contributed by atoms with Crippen LogP contribution < -0.4 is 0 Å². The number of hydrogen-bond acceptors (Lipinski definition) is 4. The van der Waals surface area contributed by atoms with Crippen LogP contribution in [0.1, 0.15) is 65.2 Å². The Morgan fingerprint density at radius 3 is 2.11 bits per heavy atom. The molecule has 0 saturated heterocycles. The quantitative estimate of drug-likeness (QED) is 0.474. The van der Waals surface area contributed by atoms with Crippen LogP contribution in [0.5, 0.6) is 0 Å². The van der Waals surface area contributed by atoms with Crippen LogP contribution in [-0.2, 0) is 9.47 Å². The molecule has 0 aromatic rings. The molecule has 0 radical (unpaired) electrons. The van der Waals surface area contributed by atoms with E-state index >= 15 is 0 Å². The van der Waals surface area contributed by atoms with E-state index in [0.717, 1.165) is 25.7 Å². The van der Waals surface area contributed by atoms with Gasteiger partial charge >= 0.3 is 0 Å². The summed E-state index contributed by atoms with van der Waals surface area (Å²) in [7, 11) is 0. The van der Waals surface area contributed by atoms with Crippen LogP contribution in [0.15, 0.2) is 5.16 Å². The van der Waals surface area contributed by atoms with Crippen molar-refractivity contribution in [1.82, 2.24) is 0 Å². The first-order valence-corrected chi connectivity index (χ1v) is 7.28. The standard InChI is InChI=1S/C14H27NO3/c1-3-17-14(18-4-2)12-10-8-6-5-7-9-11-13(14)15-16/h16H,3-12H2,1-2H3. The van der Waals surface area contributed by atoms with Gasteiger partial charge in [0.1, 0.15) is 5.71 Å². The van der Waals surface area contributed by atoms with Gasteiger partial charge in [0, 0.05) is 19.6 Å². The van der Waals surface area contributed by atoms with E-state index in [2.05, 4.69) is 5.16 Å². The van der Waals surface area contributed by atoms with Gasteiger partial charge in [0.15, 0.2) is 0 Å². The zero-order valence-corrected chi connectivity index (χ0v) is 11.8. The Kier molecular flexibility index (Phi) is 7.28. The molecule has 0 amide bonds.